The number of aromatic nitrogens is 1. The summed E-state index contributed by atoms with van der Waals surface area (Å²) in [4.78, 5) is 18.0. The fourth-order valence-corrected chi connectivity index (χ4v) is 3.26. The van der Waals surface area contributed by atoms with Crippen LogP contribution in [0.15, 0.2) is 24.3 Å². The number of anilines is 1. The number of pyridine rings is 1. The van der Waals surface area contributed by atoms with E-state index in [0.717, 1.165) is 0 Å². The number of carbonyl (C=O) groups excluding carboxylic acids is 1. The Balaban J connectivity index is 1.77. The van der Waals surface area contributed by atoms with Crippen LogP contribution in [0.3, 0.4) is 0 Å². The van der Waals surface area contributed by atoms with Crippen LogP contribution in [0.25, 0.3) is 10.9 Å². The number of nitrogens with one attached hydrogen (secondary N) is 1. The highest BCUT2D eigenvalue weighted by atomic mass is 19.1. The summed E-state index contributed by atoms with van der Waals surface area (Å²) in [5, 5.41) is 12.3. The molecule has 6 nitrogen and oxygen atoms in total. The highest BCUT2D eigenvalue weighted by molar-refractivity contribution is 5.91. The van der Waals surface area contributed by atoms with Gasteiger partial charge in [-0.05, 0) is 45.0 Å². The van der Waals surface area contributed by atoms with Crippen LogP contribution in [-0.2, 0) is 11.3 Å². The van der Waals surface area contributed by atoms with Gasteiger partial charge in [-0.25, -0.2) is 18.6 Å². The highest BCUT2D eigenvalue weighted by Crippen LogP contribution is 2.31. The number of aliphatic hydroxyl groups excluding tert-OH is 1. The molecular weight excluding hydrogens is 368 g/mol. The Hall–Kier alpha value is -2.48. The number of benzene rings is 1. The van der Waals surface area contributed by atoms with Gasteiger partial charge in [-0.2, -0.15) is 0 Å². The van der Waals surface area contributed by atoms with Crippen molar-refractivity contribution in [3.63, 3.8) is 0 Å². The molecule has 2 N–H and O–H groups in total. The molecule has 1 amide bonds. The van der Waals surface area contributed by atoms with Gasteiger partial charge in [0.15, 0.2) is 6.17 Å². The molecule has 0 spiro atoms. The maximum atomic E-state index is 14.7. The van der Waals surface area contributed by atoms with Crippen LogP contribution < -0.4 is 10.2 Å². The number of aliphatic hydroxyl groups is 1. The molecule has 2 heterocycles. The maximum Gasteiger partial charge on any atom is 0.407 e. The van der Waals surface area contributed by atoms with Gasteiger partial charge in [0.25, 0.3) is 0 Å². The lowest BCUT2D eigenvalue weighted by Crippen LogP contribution is -2.49. The molecule has 28 heavy (non-hydrogen) atoms. The van der Waals surface area contributed by atoms with Crippen molar-refractivity contribution in [2.24, 2.45) is 0 Å². The standard InChI is InChI=1S/C20H25F2N3O3/c1-20(2,3)24-19(27)28-17-8-9-25(10-15(17)22)16-7-6-14(21)13-5-4-12(11-26)23-18(13)16/h4-7,15,17,26H,8-11H2,1-3H3,(H,24,27). The van der Waals surface area contributed by atoms with Crippen molar-refractivity contribution < 1.29 is 23.4 Å². The number of ether oxygens (including phenoxy) is 1. The molecule has 2 unspecified atom stereocenters. The van der Waals surface area contributed by atoms with Gasteiger partial charge < -0.3 is 20.1 Å². The normalized spacial score (nSPS) is 20.3. The largest absolute Gasteiger partial charge is 0.443 e. The first-order valence-corrected chi connectivity index (χ1v) is 9.25. The molecule has 152 valence electrons. The average molecular weight is 393 g/mol. The Morgan fingerprint density at radius 3 is 2.75 bits per heavy atom. The molecule has 0 saturated carbocycles. The first-order valence-electron chi connectivity index (χ1n) is 9.25. The Morgan fingerprint density at radius 1 is 1.36 bits per heavy atom. The van der Waals surface area contributed by atoms with Crippen molar-refractivity contribution in [3.8, 4) is 0 Å². The molecule has 3 rings (SSSR count). The van der Waals surface area contributed by atoms with Crippen molar-refractivity contribution in [1.82, 2.24) is 10.3 Å². The van der Waals surface area contributed by atoms with Gasteiger partial charge in [0.2, 0.25) is 0 Å². The van der Waals surface area contributed by atoms with Crippen molar-refractivity contribution in [3.05, 3.63) is 35.8 Å². The van der Waals surface area contributed by atoms with E-state index in [1.165, 1.54) is 6.07 Å². The Kier molecular flexibility index (Phi) is 5.69. The van der Waals surface area contributed by atoms with Crippen molar-refractivity contribution in [1.29, 1.82) is 0 Å². The third kappa shape index (κ3) is 4.49. The van der Waals surface area contributed by atoms with E-state index in [2.05, 4.69) is 10.3 Å². The molecule has 0 aliphatic carbocycles. The third-order valence-corrected chi connectivity index (χ3v) is 4.56. The van der Waals surface area contributed by atoms with E-state index in [4.69, 9.17) is 4.74 Å². The molecule has 1 fully saturated rings. The van der Waals surface area contributed by atoms with Crippen molar-refractivity contribution in [2.75, 3.05) is 18.0 Å². The van der Waals surface area contributed by atoms with Crippen LogP contribution in [0.1, 0.15) is 32.9 Å². The Labute approximate surface area is 162 Å². The van der Waals surface area contributed by atoms with Crippen LogP contribution in [0.4, 0.5) is 19.3 Å². The number of hydrogen-bond donors (Lipinski definition) is 2. The van der Waals surface area contributed by atoms with Crippen LogP contribution in [0.5, 0.6) is 0 Å². The summed E-state index contributed by atoms with van der Waals surface area (Å²) in [7, 11) is 0. The fraction of sp³-hybridized carbons (Fsp3) is 0.500. The summed E-state index contributed by atoms with van der Waals surface area (Å²) in [5.41, 5.74) is 0.913. The van der Waals surface area contributed by atoms with Crippen molar-refractivity contribution >= 4 is 22.7 Å². The number of nitrogens with zero attached hydrogens (tertiary/aromatic N) is 2. The van der Waals surface area contributed by atoms with E-state index in [1.807, 2.05) is 20.8 Å². The minimum absolute atomic E-state index is 0.000764. The molecular formula is C20H25F2N3O3. The molecule has 1 aromatic carbocycles. The maximum absolute atomic E-state index is 14.7. The van der Waals surface area contributed by atoms with Crippen molar-refractivity contribution in [2.45, 2.75) is 51.6 Å². The van der Waals surface area contributed by atoms with Crippen LogP contribution >= 0.6 is 0 Å². The van der Waals surface area contributed by atoms with Gasteiger partial charge in [-0.3, -0.25) is 0 Å². The van der Waals surface area contributed by atoms with E-state index in [-0.39, 0.29) is 13.2 Å². The zero-order valence-corrected chi connectivity index (χ0v) is 16.2. The van der Waals surface area contributed by atoms with Crippen LogP contribution in [-0.4, -0.2) is 47.1 Å². The SMILES string of the molecule is CC(C)(C)NC(=O)OC1CCN(c2ccc(F)c3ccc(CO)nc23)CC1F. The molecule has 2 atom stereocenters. The van der Waals surface area contributed by atoms with E-state index in [9.17, 15) is 18.7 Å². The first kappa shape index (κ1) is 20.3. The van der Waals surface area contributed by atoms with E-state index in [1.54, 1.807) is 23.1 Å². The second-order valence-corrected chi connectivity index (χ2v) is 7.99. The molecule has 0 radical (unpaired) electrons. The van der Waals surface area contributed by atoms with Crippen LogP contribution in [0, 0.1) is 5.82 Å². The molecule has 1 aliphatic heterocycles. The van der Waals surface area contributed by atoms with Gasteiger partial charge in [0.05, 0.1) is 30.0 Å². The van der Waals surface area contributed by atoms with Crippen LogP contribution in [0.2, 0.25) is 0 Å². The minimum Gasteiger partial charge on any atom is -0.443 e. The molecule has 1 saturated heterocycles. The van der Waals surface area contributed by atoms with E-state index >= 15 is 0 Å². The van der Waals surface area contributed by atoms with Gasteiger partial charge in [-0.1, -0.05) is 0 Å². The number of alkyl halides is 1. The summed E-state index contributed by atoms with van der Waals surface area (Å²) in [6.45, 7) is 5.61. The second kappa shape index (κ2) is 7.87. The Morgan fingerprint density at radius 2 is 2.11 bits per heavy atom. The quantitative estimate of drug-likeness (QED) is 0.837. The minimum atomic E-state index is -1.39. The summed E-state index contributed by atoms with van der Waals surface area (Å²) in [6, 6.07) is 6.00. The topological polar surface area (TPSA) is 74.7 Å². The number of piperidine rings is 1. The third-order valence-electron chi connectivity index (χ3n) is 4.56. The number of hydrogen-bond acceptors (Lipinski definition) is 5. The van der Waals surface area contributed by atoms with Gasteiger partial charge in [0, 0.05) is 23.9 Å². The lowest BCUT2D eigenvalue weighted by atomic mass is 10.0. The summed E-state index contributed by atoms with van der Waals surface area (Å²) in [6.07, 6.45) is -2.57. The molecule has 1 aromatic heterocycles. The second-order valence-electron chi connectivity index (χ2n) is 7.99. The highest BCUT2D eigenvalue weighted by Gasteiger charge is 2.33. The number of alkyl carbamates (subject to hydrolysis) is 1. The number of fused-ring (bicyclic) bond motifs is 1. The average Bonchev–Trinajstić information content (AvgIpc) is 2.62. The van der Waals surface area contributed by atoms with E-state index in [0.29, 0.717) is 35.2 Å². The Bertz CT molecular complexity index is 870. The molecule has 8 heteroatoms. The van der Waals surface area contributed by atoms with Gasteiger partial charge in [-0.15, -0.1) is 0 Å². The predicted octanol–water partition coefficient (Wildman–Crippen LogP) is 3.31. The lowest BCUT2D eigenvalue weighted by Gasteiger charge is -2.36. The predicted molar refractivity (Wildman–Crippen MR) is 103 cm³/mol. The summed E-state index contributed by atoms with van der Waals surface area (Å²) in [5.74, 6) is -0.426. The first-order chi connectivity index (χ1) is 13.2. The smallest absolute Gasteiger partial charge is 0.407 e. The molecule has 1 aliphatic rings. The zero-order valence-electron chi connectivity index (χ0n) is 16.2. The zero-order chi connectivity index (χ0) is 20.5. The fourth-order valence-electron chi connectivity index (χ4n) is 3.26. The van der Waals surface area contributed by atoms with Gasteiger partial charge in [0.1, 0.15) is 11.9 Å². The monoisotopic (exact) mass is 393 g/mol. The number of amides is 1. The number of carbonyl (C=O) groups is 1. The molecule has 0 bridgehead atoms. The summed E-state index contributed by atoms with van der Waals surface area (Å²) < 4.78 is 34.1. The van der Waals surface area contributed by atoms with Gasteiger partial charge >= 0.3 is 6.09 Å². The molecule has 2 aromatic rings. The number of rotatable bonds is 3. The number of halogens is 2. The van der Waals surface area contributed by atoms with E-state index < -0.39 is 29.7 Å². The summed E-state index contributed by atoms with van der Waals surface area (Å²) >= 11 is 0. The lowest BCUT2D eigenvalue weighted by molar-refractivity contribution is 0.0296.